The largest absolute Gasteiger partial charge is 0.491 e. The molecule has 0 unspecified atom stereocenters. The number of nitrogens with one attached hydrogen (secondary N) is 1. The lowest BCUT2D eigenvalue weighted by Gasteiger charge is -2.18. The van der Waals surface area contributed by atoms with Crippen LogP contribution in [0.2, 0.25) is 0 Å². The van der Waals surface area contributed by atoms with Crippen LogP contribution < -0.4 is 15.0 Å². The molecule has 0 aliphatic carbocycles. The molecule has 1 amide bonds. The number of benzene rings is 2. The summed E-state index contributed by atoms with van der Waals surface area (Å²) in [5.41, 5.74) is 1.86. The molecule has 1 N–H and O–H groups in total. The van der Waals surface area contributed by atoms with Gasteiger partial charge in [-0.2, -0.15) is 0 Å². The number of hydrogen-bond donors (Lipinski definition) is 1. The molecule has 0 atom stereocenters. The van der Waals surface area contributed by atoms with Gasteiger partial charge in [-0.3, -0.25) is 4.79 Å². The van der Waals surface area contributed by atoms with E-state index >= 15 is 0 Å². The first-order chi connectivity index (χ1) is 15.7. The third-order valence-electron chi connectivity index (χ3n) is 5.03. The van der Waals surface area contributed by atoms with Gasteiger partial charge in [0.05, 0.1) is 17.7 Å². The van der Waals surface area contributed by atoms with Gasteiger partial charge in [0.1, 0.15) is 22.7 Å². The van der Waals surface area contributed by atoms with Crippen LogP contribution in [-0.2, 0) is 4.79 Å². The fraction of sp³-hybridized carbons (Fsp3) is 0.240. The number of fused-ring (bicyclic) bond motifs is 1. The van der Waals surface area contributed by atoms with Crippen molar-refractivity contribution in [3.63, 3.8) is 0 Å². The van der Waals surface area contributed by atoms with Gasteiger partial charge in [-0.05, 0) is 30.2 Å². The first kappa shape index (κ1) is 21.8. The highest BCUT2D eigenvalue weighted by molar-refractivity contribution is 7.21. The molecule has 0 fully saturated rings. The fourth-order valence-electron chi connectivity index (χ4n) is 3.39. The van der Waals surface area contributed by atoms with Crippen molar-refractivity contribution in [1.82, 2.24) is 9.97 Å². The third kappa shape index (κ3) is 5.06. The molecule has 0 aliphatic heterocycles. The van der Waals surface area contributed by atoms with Gasteiger partial charge in [-0.15, -0.1) is 11.3 Å². The van der Waals surface area contributed by atoms with Crippen LogP contribution in [0.5, 0.6) is 5.75 Å². The Hall–Kier alpha value is -3.45. The summed E-state index contributed by atoms with van der Waals surface area (Å²) in [5.74, 6) is 1.46. The van der Waals surface area contributed by atoms with Gasteiger partial charge >= 0.3 is 0 Å². The lowest BCUT2D eigenvalue weighted by atomic mass is 10.2. The molecule has 2 aromatic heterocycles. The minimum atomic E-state index is -0.0648. The second-order valence-electron chi connectivity index (χ2n) is 7.46. The van der Waals surface area contributed by atoms with Crippen LogP contribution in [0.3, 0.4) is 0 Å². The number of para-hydroxylation sites is 2. The highest BCUT2D eigenvalue weighted by Crippen LogP contribution is 2.35. The first-order valence-electron chi connectivity index (χ1n) is 10.7. The Morgan fingerprint density at radius 2 is 1.88 bits per heavy atom. The topological polar surface area (TPSA) is 67.3 Å². The number of ether oxygens (including phenoxy) is 1. The maximum atomic E-state index is 12.6. The van der Waals surface area contributed by atoms with Crippen LogP contribution in [-0.4, -0.2) is 36.1 Å². The minimum Gasteiger partial charge on any atom is -0.491 e. The molecule has 6 nitrogen and oxygen atoms in total. The Morgan fingerprint density at radius 1 is 1.09 bits per heavy atom. The normalized spacial score (nSPS) is 10.8. The summed E-state index contributed by atoms with van der Waals surface area (Å²) >= 11 is 1.65. The van der Waals surface area contributed by atoms with Gasteiger partial charge < -0.3 is 15.0 Å². The quantitative estimate of drug-likeness (QED) is 0.362. The molecule has 2 aromatic carbocycles. The minimum absolute atomic E-state index is 0.0648. The van der Waals surface area contributed by atoms with E-state index in [1.165, 1.54) is 0 Å². The lowest BCUT2D eigenvalue weighted by Crippen LogP contribution is -2.25. The summed E-state index contributed by atoms with van der Waals surface area (Å²) in [7, 11) is 1.95. The van der Waals surface area contributed by atoms with Crippen molar-refractivity contribution in [2.24, 2.45) is 0 Å². The van der Waals surface area contributed by atoms with E-state index in [0.29, 0.717) is 31.0 Å². The highest BCUT2D eigenvalue weighted by atomic mass is 32.1. The van der Waals surface area contributed by atoms with Crippen molar-refractivity contribution in [2.45, 2.75) is 19.8 Å². The predicted octanol–water partition coefficient (Wildman–Crippen LogP) is 5.61. The van der Waals surface area contributed by atoms with Crippen LogP contribution in [0, 0.1) is 0 Å². The van der Waals surface area contributed by atoms with Gasteiger partial charge in [0.2, 0.25) is 5.91 Å². The molecule has 0 saturated carbocycles. The summed E-state index contributed by atoms with van der Waals surface area (Å²) in [6, 6.07) is 19.9. The summed E-state index contributed by atoms with van der Waals surface area (Å²) in [6.45, 7) is 3.20. The van der Waals surface area contributed by atoms with Crippen LogP contribution in [0.1, 0.15) is 19.8 Å². The van der Waals surface area contributed by atoms with Crippen molar-refractivity contribution in [1.29, 1.82) is 0 Å². The van der Waals surface area contributed by atoms with Crippen LogP contribution in [0.15, 0.2) is 67.0 Å². The zero-order valence-electron chi connectivity index (χ0n) is 18.2. The zero-order chi connectivity index (χ0) is 22.3. The summed E-state index contributed by atoms with van der Waals surface area (Å²) in [6.07, 6.45) is 2.83. The molecule has 0 radical (unpaired) electrons. The Balaban J connectivity index is 1.44. The number of aromatic nitrogens is 2. The van der Waals surface area contributed by atoms with E-state index < -0.39 is 0 Å². The Bertz CT molecular complexity index is 1190. The van der Waals surface area contributed by atoms with Crippen molar-refractivity contribution in [3.05, 3.63) is 67.0 Å². The molecule has 32 heavy (non-hydrogen) atoms. The second-order valence-corrected chi connectivity index (χ2v) is 8.49. The van der Waals surface area contributed by atoms with E-state index in [2.05, 4.69) is 40.4 Å². The number of anilines is 2. The van der Waals surface area contributed by atoms with Crippen molar-refractivity contribution in [2.75, 3.05) is 30.4 Å². The maximum absolute atomic E-state index is 12.6. The summed E-state index contributed by atoms with van der Waals surface area (Å²) in [5, 5.41) is 3.97. The zero-order valence-corrected chi connectivity index (χ0v) is 19.1. The molecule has 164 valence electrons. The number of carbonyl (C=O) groups is 1. The van der Waals surface area contributed by atoms with Gasteiger partial charge in [0, 0.05) is 24.9 Å². The van der Waals surface area contributed by atoms with Crippen molar-refractivity contribution >= 4 is 39.0 Å². The number of nitrogens with zero attached hydrogens (tertiary/aromatic N) is 3. The smallest absolute Gasteiger partial charge is 0.226 e. The maximum Gasteiger partial charge on any atom is 0.226 e. The van der Waals surface area contributed by atoms with E-state index in [-0.39, 0.29) is 5.91 Å². The van der Waals surface area contributed by atoms with Gasteiger partial charge in [0.25, 0.3) is 0 Å². The molecule has 0 saturated heterocycles. The Kier molecular flexibility index (Phi) is 6.97. The lowest BCUT2D eigenvalue weighted by molar-refractivity contribution is -0.116. The number of thiophene rings is 1. The molecule has 4 rings (SSSR count). The average molecular weight is 447 g/mol. The van der Waals surface area contributed by atoms with Crippen molar-refractivity contribution in [3.8, 4) is 16.2 Å². The standard InChI is InChI=1S/C25H26N4O2S/c1-3-15-31-21-12-8-7-11-20(21)28-23(30)13-14-29(2)24-19-16-22(18-9-5-4-6-10-18)32-25(19)27-17-26-24/h4-12,16-17H,3,13-15H2,1-2H3,(H,28,30). The number of amides is 1. The Labute approximate surface area is 191 Å². The highest BCUT2D eigenvalue weighted by Gasteiger charge is 2.15. The monoisotopic (exact) mass is 446 g/mol. The van der Waals surface area contributed by atoms with Crippen LogP contribution in [0.4, 0.5) is 11.5 Å². The van der Waals surface area contributed by atoms with E-state index in [4.69, 9.17) is 4.74 Å². The van der Waals surface area contributed by atoms with E-state index in [9.17, 15) is 4.79 Å². The first-order valence-corrected chi connectivity index (χ1v) is 11.5. The number of hydrogen-bond acceptors (Lipinski definition) is 6. The molecule has 7 heteroatoms. The summed E-state index contributed by atoms with van der Waals surface area (Å²) < 4.78 is 5.73. The molecule has 2 heterocycles. The van der Waals surface area contributed by atoms with Crippen LogP contribution in [0.25, 0.3) is 20.7 Å². The summed E-state index contributed by atoms with van der Waals surface area (Å²) in [4.78, 5) is 25.6. The van der Waals surface area contributed by atoms with Gasteiger partial charge in [-0.1, -0.05) is 49.4 Å². The van der Waals surface area contributed by atoms with E-state index in [1.807, 2.05) is 54.4 Å². The van der Waals surface area contributed by atoms with Gasteiger partial charge in [0.15, 0.2) is 0 Å². The third-order valence-corrected chi connectivity index (χ3v) is 6.12. The second kappa shape index (κ2) is 10.2. The molecule has 0 aliphatic rings. The fourth-order valence-corrected chi connectivity index (χ4v) is 4.39. The number of rotatable bonds is 9. The Morgan fingerprint density at radius 3 is 2.69 bits per heavy atom. The molecular formula is C25H26N4O2S. The van der Waals surface area contributed by atoms with Gasteiger partial charge in [-0.25, -0.2) is 9.97 Å². The molecule has 0 spiro atoms. The predicted molar refractivity (Wildman–Crippen MR) is 132 cm³/mol. The molecule has 0 bridgehead atoms. The SMILES string of the molecule is CCCOc1ccccc1NC(=O)CCN(C)c1ncnc2sc(-c3ccccc3)cc12. The van der Waals surface area contributed by atoms with E-state index in [1.54, 1.807) is 17.7 Å². The molecule has 4 aromatic rings. The van der Waals surface area contributed by atoms with E-state index in [0.717, 1.165) is 32.9 Å². The number of carbonyl (C=O) groups excluding carboxylic acids is 1. The average Bonchev–Trinajstić information content (AvgIpc) is 3.27. The van der Waals surface area contributed by atoms with Crippen molar-refractivity contribution < 1.29 is 9.53 Å². The molecular weight excluding hydrogens is 420 g/mol. The van der Waals surface area contributed by atoms with Crippen LogP contribution >= 0.6 is 11.3 Å².